The van der Waals surface area contributed by atoms with Crippen molar-refractivity contribution in [1.29, 1.82) is 0 Å². The molecule has 4 heteroatoms. The zero-order valence-corrected chi connectivity index (χ0v) is 15.6. The van der Waals surface area contributed by atoms with E-state index in [1.807, 2.05) is 19.1 Å². The maximum absolute atomic E-state index is 6.28. The highest BCUT2D eigenvalue weighted by atomic mass is 79.9. The summed E-state index contributed by atoms with van der Waals surface area (Å²) in [5.41, 5.74) is 1.14. The summed E-state index contributed by atoms with van der Waals surface area (Å²) in [5, 5.41) is 0.206. The Morgan fingerprint density at radius 3 is 2.21 bits per heavy atom. The fourth-order valence-corrected chi connectivity index (χ4v) is 3.18. The monoisotopic (exact) mass is 344 g/mol. The molecule has 0 aliphatic carbocycles. The van der Waals surface area contributed by atoms with Crippen molar-refractivity contribution >= 4 is 24.2 Å². The van der Waals surface area contributed by atoms with E-state index in [1.54, 1.807) is 7.11 Å². The van der Waals surface area contributed by atoms with Crippen molar-refractivity contribution in [3.8, 4) is 5.75 Å². The van der Waals surface area contributed by atoms with Gasteiger partial charge in [-0.2, -0.15) is 0 Å². The van der Waals surface area contributed by atoms with Crippen LogP contribution in [0.2, 0.25) is 18.1 Å². The van der Waals surface area contributed by atoms with Gasteiger partial charge in [0, 0.05) is 11.6 Å². The Morgan fingerprint density at radius 2 is 1.79 bits per heavy atom. The number of benzene rings is 1. The van der Waals surface area contributed by atoms with Gasteiger partial charge in [-0.05, 0) is 42.8 Å². The second kappa shape index (κ2) is 5.98. The molecule has 0 saturated carbocycles. The van der Waals surface area contributed by atoms with Gasteiger partial charge >= 0.3 is 0 Å². The number of hydrogen-bond acceptors (Lipinski definition) is 2. The molecule has 108 valence electrons. The number of halogens is 1. The van der Waals surface area contributed by atoms with E-state index in [0.717, 1.165) is 15.8 Å². The highest BCUT2D eigenvalue weighted by molar-refractivity contribution is 9.10. The molecule has 0 aliphatic heterocycles. The molecular formula is C15H25BrO2Si. The second-order valence-electron chi connectivity index (χ2n) is 6.42. The largest absolute Gasteiger partial charge is 0.543 e. The number of methoxy groups -OCH3 is 1. The normalized spacial score (nSPS) is 14.3. The SMILES string of the molecule is CO[C@@H](C)c1ccc(O[Si](C)(C)C(C)(C)C)cc1Br. The molecule has 0 saturated heterocycles. The third-order valence-electron chi connectivity index (χ3n) is 3.94. The molecule has 0 N–H and O–H groups in total. The first kappa shape index (κ1) is 16.7. The Morgan fingerprint density at radius 1 is 1.21 bits per heavy atom. The van der Waals surface area contributed by atoms with Crippen LogP contribution in [0.5, 0.6) is 5.75 Å². The Balaban J connectivity index is 2.97. The topological polar surface area (TPSA) is 18.5 Å². The van der Waals surface area contributed by atoms with Crippen LogP contribution in [-0.2, 0) is 4.74 Å². The lowest BCUT2D eigenvalue weighted by Gasteiger charge is -2.36. The molecule has 0 aromatic heterocycles. The molecule has 0 aliphatic rings. The zero-order valence-electron chi connectivity index (χ0n) is 13.0. The van der Waals surface area contributed by atoms with Gasteiger partial charge in [-0.15, -0.1) is 0 Å². The lowest BCUT2D eigenvalue weighted by molar-refractivity contribution is 0.119. The van der Waals surface area contributed by atoms with Gasteiger partial charge in [-0.1, -0.05) is 42.8 Å². The van der Waals surface area contributed by atoms with Crippen molar-refractivity contribution < 1.29 is 9.16 Å². The molecule has 19 heavy (non-hydrogen) atoms. The molecule has 1 aromatic rings. The van der Waals surface area contributed by atoms with Gasteiger partial charge in [0.1, 0.15) is 5.75 Å². The number of ether oxygens (including phenoxy) is 1. The standard InChI is InChI=1S/C15H25BrO2Si/c1-11(17-5)13-9-8-12(10-14(13)16)18-19(6,7)15(2,3)4/h8-11H,1-7H3/t11-/m0/s1. The Hall–Kier alpha value is -0.323. The lowest BCUT2D eigenvalue weighted by Crippen LogP contribution is -2.43. The summed E-state index contributed by atoms with van der Waals surface area (Å²) in [6, 6.07) is 6.15. The molecule has 1 aromatic carbocycles. The maximum Gasteiger partial charge on any atom is 0.250 e. The van der Waals surface area contributed by atoms with Gasteiger partial charge < -0.3 is 9.16 Å². The summed E-state index contributed by atoms with van der Waals surface area (Å²) in [6.07, 6.45) is 0.0799. The van der Waals surface area contributed by atoms with Crippen molar-refractivity contribution in [2.45, 2.75) is 51.9 Å². The van der Waals surface area contributed by atoms with E-state index >= 15 is 0 Å². The predicted molar refractivity (Wildman–Crippen MR) is 87.4 cm³/mol. The Kier molecular flexibility index (Phi) is 5.26. The average molecular weight is 345 g/mol. The summed E-state index contributed by atoms with van der Waals surface area (Å²) in [5.74, 6) is 0.936. The van der Waals surface area contributed by atoms with Crippen LogP contribution in [0.25, 0.3) is 0 Å². The van der Waals surface area contributed by atoms with E-state index < -0.39 is 8.32 Å². The molecule has 0 unspecified atom stereocenters. The summed E-state index contributed by atoms with van der Waals surface area (Å²) in [7, 11) is -0.0542. The first-order valence-electron chi connectivity index (χ1n) is 6.60. The molecular weight excluding hydrogens is 320 g/mol. The van der Waals surface area contributed by atoms with Crippen LogP contribution in [0.4, 0.5) is 0 Å². The van der Waals surface area contributed by atoms with Gasteiger partial charge in [0.05, 0.1) is 6.10 Å². The van der Waals surface area contributed by atoms with E-state index in [-0.39, 0.29) is 11.1 Å². The van der Waals surface area contributed by atoms with Crippen LogP contribution in [-0.4, -0.2) is 15.4 Å². The average Bonchev–Trinajstić information content (AvgIpc) is 2.26. The first-order chi connectivity index (χ1) is 8.58. The van der Waals surface area contributed by atoms with Crippen LogP contribution < -0.4 is 4.43 Å². The minimum atomic E-state index is -1.77. The fourth-order valence-electron chi connectivity index (χ4n) is 1.48. The third kappa shape index (κ3) is 4.07. The minimum Gasteiger partial charge on any atom is -0.543 e. The van der Waals surface area contributed by atoms with Crippen LogP contribution in [0, 0.1) is 0 Å². The molecule has 1 atom stereocenters. The number of hydrogen-bond donors (Lipinski definition) is 0. The summed E-state index contributed by atoms with van der Waals surface area (Å²) in [4.78, 5) is 0. The molecule has 1 rings (SSSR count). The van der Waals surface area contributed by atoms with Gasteiger partial charge in [0.25, 0.3) is 0 Å². The molecule has 0 heterocycles. The van der Waals surface area contributed by atoms with E-state index in [1.165, 1.54) is 0 Å². The highest BCUT2D eigenvalue weighted by Gasteiger charge is 2.39. The van der Waals surface area contributed by atoms with Crippen LogP contribution in [0.15, 0.2) is 22.7 Å². The summed E-state index contributed by atoms with van der Waals surface area (Å²) in [6.45, 7) is 13.3. The molecule has 0 amide bonds. The first-order valence-corrected chi connectivity index (χ1v) is 10.3. The van der Waals surface area contributed by atoms with E-state index in [2.05, 4.69) is 55.9 Å². The van der Waals surface area contributed by atoms with Crippen LogP contribution in [0.3, 0.4) is 0 Å². The van der Waals surface area contributed by atoms with E-state index in [0.29, 0.717) is 0 Å². The number of rotatable bonds is 4. The molecule has 0 spiro atoms. The van der Waals surface area contributed by atoms with E-state index in [4.69, 9.17) is 9.16 Å². The molecule has 0 fully saturated rings. The molecule has 0 bridgehead atoms. The Labute approximate surface area is 126 Å². The highest BCUT2D eigenvalue weighted by Crippen LogP contribution is 2.38. The van der Waals surface area contributed by atoms with Gasteiger partial charge in [-0.25, -0.2) is 0 Å². The zero-order chi connectivity index (χ0) is 14.8. The summed E-state index contributed by atoms with van der Waals surface area (Å²) < 4.78 is 12.7. The van der Waals surface area contributed by atoms with Crippen molar-refractivity contribution in [3.05, 3.63) is 28.2 Å². The summed E-state index contributed by atoms with van der Waals surface area (Å²) >= 11 is 3.60. The van der Waals surface area contributed by atoms with Crippen molar-refractivity contribution in [1.82, 2.24) is 0 Å². The Bertz CT molecular complexity index is 438. The predicted octanol–water partition coefficient (Wildman–Crippen LogP) is 5.54. The van der Waals surface area contributed by atoms with E-state index in [9.17, 15) is 0 Å². The van der Waals surface area contributed by atoms with Crippen LogP contribution in [0.1, 0.15) is 39.4 Å². The smallest absolute Gasteiger partial charge is 0.250 e. The van der Waals surface area contributed by atoms with Gasteiger partial charge in [0.15, 0.2) is 0 Å². The minimum absolute atomic E-state index is 0.0799. The van der Waals surface area contributed by atoms with Crippen molar-refractivity contribution in [3.63, 3.8) is 0 Å². The van der Waals surface area contributed by atoms with Crippen LogP contribution >= 0.6 is 15.9 Å². The van der Waals surface area contributed by atoms with Crippen molar-refractivity contribution in [2.24, 2.45) is 0 Å². The maximum atomic E-state index is 6.28. The quantitative estimate of drug-likeness (QED) is 0.667. The third-order valence-corrected chi connectivity index (χ3v) is 8.99. The molecule has 0 radical (unpaired) electrons. The van der Waals surface area contributed by atoms with Gasteiger partial charge in [0.2, 0.25) is 8.32 Å². The lowest BCUT2D eigenvalue weighted by atomic mass is 10.1. The second-order valence-corrected chi connectivity index (χ2v) is 12.0. The van der Waals surface area contributed by atoms with Crippen molar-refractivity contribution in [2.75, 3.05) is 7.11 Å². The van der Waals surface area contributed by atoms with Gasteiger partial charge in [-0.3, -0.25) is 0 Å². The molecule has 2 nitrogen and oxygen atoms in total. The fraction of sp³-hybridized carbons (Fsp3) is 0.600.